The van der Waals surface area contributed by atoms with E-state index in [4.69, 9.17) is 5.26 Å². The van der Waals surface area contributed by atoms with Gasteiger partial charge < -0.3 is 4.74 Å². The third-order valence-electron chi connectivity index (χ3n) is 2.14. The molecule has 1 aromatic carbocycles. The number of carbonyl (C=O) groups excluding carboxylic acids is 2. The summed E-state index contributed by atoms with van der Waals surface area (Å²) in [5.74, 6) is -0.997. The molecule has 1 rings (SSSR count). The first-order valence-electron chi connectivity index (χ1n) is 4.90. The molecule has 1 aromatic rings. The lowest BCUT2D eigenvalue weighted by Gasteiger charge is -2.06. The fraction of sp³-hybridized carbons (Fsp3) is 0.182. The van der Waals surface area contributed by atoms with Gasteiger partial charge in [0.05, 0.1) is 28.7 Å². The van der Waals surface area contributed by atoms with Crippen LogP contribution in [0.3, 0.4) is 0 Å². The first kappa shape index (κ1) is 13.3. The summed E-state index contributed by atoms with van der Waals surface area (Å²) >= 11 is 0. The lowest BCUT2D eigenvalue weighted by atomic mass is 10.0. The number of nitro benzene ring substituents is 1. The van der Waals surface area contributed by atoms with E-state index in [1.165, 1.54) is 6.92 Å². The number of esters is 1. The number of ether oxygens (including phenoxy) is 1. The SMILES string of the molecule is CCOC(=O)c1c([N+](=O)[O-])ccc(C#N)c1C=O. The van der Waals surface area contributed by atoms with Gasteiger partial charge in [0, 0.05) is 6.07 Å². The van der Waals surface area contributed by atoms with Gasteiger partial charge in [0.15, 0.2) is 6.29 Å². The van der Waals surface area contributed by atoms with E-state index in [0.29, 0.717) is 0 Å². The molecule has 0 radical (unpaired) electrons. The lowest BCUT2D eigenvalue weighted by Crippen LogP contribution is -2.12. The Morgan fingerprint density at radius 2 is 2.28 bits per heavy atom. The van der Waals surface area contributed by atoms with Crippen LogP contribution < -0.4 is 0 Å². The van der Waals surface area contributed by atoms with Gasteiger partial charge in [-0.3, -0.25) is 14.9 Å². The number of benzene rings is 1. The molecule has 92 valence electrons. The number of nitriles is 1. The third-order valence-corrected chi connectivity index (χ3v) is 2.14. The zero-order valence-electron chi connectivity index (χ0n) is 9.37. The normalized spacial score (nSPS) is 9.33. The average molecular weight is 248 g/mol. The molecule has 0 aliphatic carbocycles. The summed E-state index contributed by atoms with van der Waals surface area (Å²) < 4.78 is 4.65. The Kier molecular flexibility index (Phi) is 4.10. The van der Waals surface area contributed by atoms with Crippen molar-refractivity contribution >= 4 is 17.9 Å². The highest BCUT2D eigenvalue weighted by Gasteiger charge is 2.27. The van der Waals surface area contributed by atoms with Crippen molar-refractivity contribution in [3.05, 3.63) is 38.9 Å². The summed E-state index contributed by atoms with van der Waals surface area (Å²) in [6.45, 7) is 1.53. The Hall–Kier alpha value is -2.75. The molecule has 0 unspecified atom stereocenters. The molecule has 0 heterocycles. The maximum Gasteiger partial charge on any atom is 0.345 e. The molecule has 7 heteroatoms. The maximum absolute atomic E-state index is 11.6. The van der Waals surface area contributed by atoms with Crippen LogP contribution in [0.5, 0.6) is 0 Å². The van der Waals surface area contributed by atoms with Crippen molar-refractivity contribution < 1.29 is 19.2 Å². The summed E-state index contributed by atoms with van der Waals surface area (Å²) in [6.07, 6.45) is 0.234. The number of aldehydes is 1. The molecule has 0 saturated carbocycles. The predicted molar refractivity (Wildman–Crippen MR) is 59.2 cm³/mol. The zero-order valence-corrected chi connectivity index (χ0v) is 9.37. The van der Waals surface area contributed by atoms with Crippen LogP contribution >= 0.6 is 0 Å². The minimum absolute atomic E-state index is 0.00503. The summed E-state index contributed by atoms with van der Waals surface area (Å²) in [5.41, 5.74) is -1.49. The molecule has 0 amide bonds. The summed E-state index contributed by atoms with van der Waals surface area (Å²) in [4.78, 5) is 32.5. The van der Waals surface area contributed by atoms with Crippen molar-refractivity contribution in [2.75, 3.05) is 6.61 Å². The molecule has 0 bridgehead atoms. The van der Waals surface area contributed by atoms with E-state index in [2.05, 4.69) is 4.74 Å². The molecule has 7 nitrogen and oxygen atoms in total. The fourth-order valence-corrected chi connectivity index (χ4v) is 1.40. The van der Waals surface area contributed by atoms with E-state index in [1.54, 1.807) is 6.07 Å². The molecule has 0 saturated heterocycles. The van der Waals surface area contributed by atoms with Gasteiger partial charge in [-0.1, -0.05) is 0 Å². The number of hydrogen-bond acceptors (Lipinski definition) is 6. The lowest BCUT2D eigenvalue weighted by molar-refractivity contribution is -0.385. The largest absolute Gasteiger partial charge is 0.462 e. The number of rotatable bonds is 4. The number of hydrogen-bond donors (Lipinski definition) is 0. The molecule has 0 spiro atoms. The minimum Gasteiger partial charge on any atom is -0.462 e. The Morgan fingerprint density at radius 3 is 2.72 bits per heavy atom. The smallest absolute Gasteiger partial charge is 0.345 e. The molecule has 0 atom stereocenters. The maximum atomic E-state index is 11.6. The minimum atomic E-state index is -0.997. The van der Waals surface area contributed by atoms with E-state index in [0.717, 1.165) is 12.1 Å². The van der Waals surface area contributed by atoms with Crippen molar-refractivity contribution in [3.8, 4) is 6.07 Å². The van der Waals surface area contributed by atoms with Crippen LogP contribution in [0, 0.1) is 21.4 Å². The van der Waals surface area contributed by atoms with Gasteiger partial charge in [-0.2, -0.15) is 5.26 Å². The van der Waals surface area contributed by atoms with E-state index in [1.807, 2.05) is 0 Å². The molecule has 0 aliphatic rings. The Bertz CT molecular complexity index is 559. The van der Waals surface area contributed by atoms with Gasteiger partial charge in [0.25, 0.3) is 5.69 Å². The third kappa shape index (κ3) is 2.32. The highest BCUT2D eigenvalue weighted by molar-refractivity contribution is 6.03. The molecule has 18 heavy (non-hydrogen) atoms. The summed E-state index contributed by atoms with van der Waals surface area (Å²) in [6, 6.07) is 3.80. The number of carbonyl (C=O) groups is 2. The number of nitrogens with zero attached hydrogens (tertiary/aromatic N) is 2. The van der Waals surface area contributed by atoms with E-state index in [-0.39, 0.29) is 24.0 Å². The molecule has 0 fully saturated rings. The number of nitro groups is 1. The molecular formula is C11H8N2O5. The van der Waals surface area contributed by atoms with Gasteiger partial charge in [-0.05, 0) is 13.0 Å². The predicted octanol–water partition coefficient (Wildman–Crippen LogP) is 1.46. The molecule has 0 aliphatic heterocycles. The van der Waals surface area contributed by atoms with Gasteiger partial charge in [0.2, 0.25) is 0 Å². The van der Waals surface area contributed by atoms with E-state index >= 15 is 0 Å². The second-order valence-corrected chi connectivity index (χ2v) is 3.13. The first-order chi connectivity index (χ1) is 8.56. The molecule has 0 N–H and O–H groups in total. The standard InChI is InChI=1S/C11H8N2O5/c1-2-18-11(15)10-8(6-14)7(5-12)3-4-9(10)13(16)17/h3-4,6H,2H2,1H3. The Morgan fingerprint density at radius 1 is 1.61 bits per heavy atom. The van der Waals surface area contributed by atoms with Crippen LogP contribution in [0.1, 0.15) is 33.2 Å². The second-order valence-electron chi connectivity index (χ2n) is 3.13. The van der Waals surface area contributed by atoms with Crippen LogP contribution in [0.2, 0.25) is 0 Å². The van der Waals surface area contributed by atoms with E-state index < -0.39 is 22.1 Å². The molecule has 0 aromatic heterocycles. The summed E-state index contributed by atoms with van der Waals surface area (Å²) in [5, 5.41) is 19.6. The van der Waals surface area contributed by atoms with Crippen molar-refractivity contribution in [1.82, 2.24) is 0 Å². The van der Waals surface area contributed by atoms with Gasteiger partial charge >= 0.3 is 5.97 Å². The van der Waals surface area contributed by atoms with Gasteiger partial charge in [-0.25, -0.2) is 4.79 Å². The topological polar surface area (TPSA) is 110 Å². The average Bonchev–Trinajstić information content (AvgIpc) is 2.36. The summed E-state index contributed by atoms with van der Waals surface area (Å²) in [7, 11) is 0. The van der Waals surface area contributed by atoms with Crippen molar-refractivity contribution in [1.29, 1.82) is 5.26 Å². The van der Waals surface area contributed by atoms with Crippen molar-refractivity contribution in [2.45, 2.75) is 6.92 Å². The monoisotopic (exact) mass is 248 g/mol. The Labute approximate surface area is 102 Å². The zero-order chi connectivity index (χ0) is 13.7. The highest BCUT2D eigenvalue weighted by atomic mass is 16.6. The Balaban J connectivity index is 3.59. The van der Waals surface area contributed by atoms with Crippen LogP contribution in [-0.4, -0.2) is 23.8 Å². The van der Waals surface area contributed by atoms with E-state index in [9.17, 15) is 19.7 Å². The van der Waals surface area contributed by atoms with Crippen molar-refractivity contribution in [2.24, 2.45) is 0 Å². The second kappa shape index (κ2) is 5.54. The van der Waals surface area contributed by atoms with Crippen LogP contribution in [-0.2, 0) is 4.74 Å². The quantitative estimate of drug-likeness (QED) is 0.345. The fourth-order valence-electron chi connectivity index (χ4n) is 1.40. The van der Waals surface area contributed by atoms with Crippen LogP contribution in [0.25, 0.3) is 0 Å². The van der Waals surface area contributed by atoms with Crippen LogP contribution in [0.15, 0.2) is 12.1 Å². The van der Waals surface area contributed by atoms with Crippen LogP contribution in [0.4, 0.5) is 5.69 Å². The van der Waals surface area contributed by atoms with Gasteiger partial charge in [-0.15, -0.1) is 0 Å². The van der Waals surface area contributed by atoms with Crippen molar-refractivity contribution in [3.63, 3.8) is 0 Å². The first-order valence-corrected chi connectivity index (χ1v) is 4.90. The van der Waals surface area contributed by atoms with Gasteiger partial charge in [0.1, 0.15) is 5.56 Å². The molecular weight excluding hydrogens is 240 g/mol. The highest BCUT2D eigenvalue weighted by Crippen LogP contribution is 2.25.